The number of H-pyrrole nitrogens is 1. The zero-order chi connectivity index (χ0) is 20.7. The molecule has 2 aliphatic rings. The molecule has 1 fully saturated rings. The maximum Gasteiger partial charge on any atom is 0.256 e. The van der Waals surface area contributed by atoms with Crippen LogP contribution in [0.4, 0.5) is 0 Å². The Bertz CT molecular complexity index is 1100. The molecule has 0 bridgehead atoms. The zero-order valence-electron chi connectivity index (χ0n) is 17.4. The molecule has 3 heterocycles. The molecule has 2 aliphatic heterocycles. The SMILES string of the molecule is COc1ccc2[nH]c(C)c(C(=O)N3CCCC3c3ccc4c(c3)OCCCO4)c2c1. The van der Waals surface area contributed by atoms with E-state index in [1.54, 1.807) is 7.11 Å². The van der Waals surface area contributed by atoms with Crippen LogP contribution in [0.3, 0.4) is 0 Å². The average Bonchev–Trinajstić information content (AvgIpc) is 3.29. The lowest BCUT2D eigenvalue weighted by Crippen LogP contribution is -2.31. The summed E-state index contributed by atoms with van der Waals surface area (Å²) in [5.41, 5.74) is 3.65. The van der Waals surface area contributed by atoms with Crippen LogP contribution < -0.4 is 14.2 Å². The van der Waals surface area contributed by atoms with Gasteiger partial charge in [-0.1, -0.05) is 6.07 Å². The van der Waals surface area contributed by atoms with Crippen LogP contribution in [-0.2, 0) is 0 Å². The second kappa shape index (κ2) is 7.59. The van der Waals surface area contributed by atoms with Crippen molar-refractivity contribution in [3.63, 3.8) is 0 Å². The first kappa shape index (κ1) is 18.9. The minimum Gasteiger partial charge on any atom is -0.497 e. The van der Waals surface area contributed by atoms with E-state index in [0.29, 0.717) is 13.2 Å². The van der Waals surface area contributed by atoms with Crippen LogP contribution in [0, 0.1) is 6.92 Å². The predicted molar refractivity (Wildman–Crippen MR) is 115 cm³/mol. The Kier molecular flexibility index (Phi) is 4.77. The van der Waals surface area contributed by atoms with Gasteiger partial charge in [0.15, 0.2) is 11.5 Å². The summed E-state index contributed by atoms with van der Waals surface area (Å²) in [5.74, 6) is 2.36. The van der Waals surface area contributed by atoms with Gasteiger partial charge >= 0.3 is 0 Å². The van der Waals surface area contributed by atoms with Crippen molar-refractivity contribution < 1.29 is 19.0 Å². The van der Waals surface area contributed by atoms with Crippen LogP contribution in [0.15, 0.2) is 36.4 Å². The predicted octanol–water partition coefficient (Wildman–Crippen LogP) is 4.62. The number of amides is 1. The molecule has 0 aliphatic carbocycles. The summed E-state index contributed by atoms with van der Waals surface area (Å²) in [5, 5.41) is 0.904. The van der Waals surface area contributed by atoms with Crippen LogP contribution in [0.2, 0.25) is 0 Å². The van der Waals surface area contributed by atoms with Gasteiger partial charge in [0, 0.05) is 29.6 Å². The molecule has 6 heteroatoms. The van der Waals surface area contributed by atoms with E-state index in [9.17, 15) is 4.79 Å². The second-order valence-electron chi connectivity index (χ2n) is 7.95. The Hall–Kier alpha value is -3.15. The van der Waals surface area contributed by atoms with Crippen molar-refractivity contribution in [2.24, 2.45) is 0 Å². The molecule has 2 aromatic carbocycles. The fourth-order valence-electron chi connectivity index (χ4n) is 4.60. The topological polar surface area (TPSA) is 63.8 Å². The number of ether oxygens (including phenoxy) is 3. The first-order valence-electron chi connectivity index (χ1n) is 10.5. The van der Waals surface area contributed by atoms with E-state index in [4.69, 9.17) is 14.2 Å². The molecule has 1 atom stereocenters. The third kappa shape index (κ3) is 3.16. The zero-order valence-corrected chi connectivity index (χ0v) is 17.4. The van der Waals surface area contributed by atoms with E-state index in [-0.39, 0.29) is 11.9 Å². The van der Waals surface area contributed by atoms with E-state index < -0.39 is 0 Å². The number of hydrogen-bond acceptors (Lipinski definition) is 4. The molecule has 1 aromatic heterocycles. The van der Waals surface area contributed by atoms with E-state index in [2.05, 4.69) is 11.1 Å². The van der Waals surface area contributed by atoms with E-state index in [0.717, 1.165) is 70.8 Å². The van der Waals surface area contributed by atoms with Crippen molar-refractivity contribution in [2.45, 2.75) is 32.2 Å². The molecule has 1 saturated heterocycles. The summed E-state index contributed by atoms with van der Waals surface area (Å²) < 4.78 is 17.0. The molecule has 1 unspecified atom stereocenters. The molecular formula is C24H26N2O4. The van der Waals surface area contributed by atoms with Crippen molar-refractivity contribution in [1.82, 2.24) is 9.88 Å². The summed E-state index contributed by atoms with van der Waals surface area (Å²) in [6.45, 7) is 4.02. The van der Waals surface area contributed by atoms with Gasteiger partial charge in [0.2, 0.25) is 0 Å². The Labute approximate surface area is 175 Å². The van der Waals surface area contributed by atoms with Crippen molar-refractivity contribution in [1.29, 1.82) is 0 Å². The first-order chi connectivity index (χ1) is 14.7. The Morgan fingerprint density at radius 3 is 2.77 bits per heavy atom. The maximum absolute atomic E-state index is 13.7. The van der Waals surface area contributed by atoms with Gasteiger partial charge < -0.3 is 24.1 Å². The molecule has 0 spiro atoms. The molecule has 156 valence electrons. The number of hydrogen-bond donors (Lipinski definition) is 1. The van der Waals surface area contributed by atoms with Crippen molar-refractivity contribution in [3.8, 4) is 17.2 Å². The molecule has 30 heavy (non-hydrogen) atoms. The molecule has 3 aromatic rings. The highest BCUT2D eigenvalue weighted by molar-refractivity contribution is 6.08. The molecule has 0 saturated carbocycles. The van der Waals surface area contributed by atoms with Crippen LogP contribution >= 0.6 is 0 Å². The van der Waals surface area contributed by atoms with E-state index >= 15 is 0 Å². The number of aromatic amines is 1. The average molecular weight is 406 g/mol. The van der Waals surface area contributed by atoms with Crippen LogP contribution in [0.25, 0.3) is 10.9 Å². The highest BCUT2D eigenvalue weighted by Crippen LogP contribution is 2.39. The summed E-state index contributed by atoms with van der Waals surface area (Å²) in [7, 11) is 1.64. The number of aryl methyl sites for hydroxylation is 1. The highest BCUT2D eigenvalue weighted by Gasteiger charge is 2.33. The summed E-state index contributed by atoms with van der Waals surface area (Å²) in [6.07, 6.45) is 2.80. The van der Waals surface area contributed by atoms with Crippen LogP contribution in [0.1, 0.15) is 46.9 Å². The van der Waals surface area contributed by atoms with Gasteiger partial charge in [-0.05, 0) is 55.7 Å². The second-order valence-corrected chi connectivity index (χ2v) is 7.95. The van der Waals surface area contributed by atoms with Gasteiger partial charge in [0.1, 0.15) is 5.75 Å². The van der Waals surface area contributed by atoms with Crippen LogP contribution in [0.5, 0.6) is 17.2 Å². The van der Waals surface area contributed by atoms with Gasteiger partial charge in [0.05, 0.1) is 31.9 Å². The third-order valence-electron chi connectivity index (χ3n) is 6.08. The standard InChI is InChI=1S/C24H26N2O4/c1-15-23(18-14-17(28-2)7-8-19(18)25-15)24(27)26-10-3-5-20(26)16-6-9-21-22(13-16)30-12-4-11-29-21/h6-9,13-14,20,25H,3-5,10-12H2,1-2H3. The summed E-state index contributed by atoms with van der Waals surface area (Å²) >= 11 is 0. The summed E-state index contributed by atoms with van der Waals surface area (Å²) in [6, 6.07) is 11.9. The fraction of sp³-hybridized carbons (Fsp3) is 0.375. The summed E-state index contributed by atoms with van der Waals surface area (Å²) in [4.78, 5) is 19.0. The lowest BCUT2D eigenvalue weighted by Gasteiger charge is -2.26. The third-order valence-corrected chi connectivity index (χ3v) is 6.08. The lowest BCUT2D eigenvalue weighted by molar-refractivity contribution is 0.0736. The normalized spacial score (nSPS) is 18.5. The smallest absolute Gasteiger partial charge is 0.256 e. The minimum atomic E-state index is 0.0320. The van der Waals surface area contributed by atoms with Gasteiger partial charge in [0.25, 0.3) is 5.91 Å². The highest BCUT2D eigenvalue weighted by atomic mass is 16.5. The molecule has 0 radical (unpaired) electrons. The molecule has 6 nitrogen and oxygen atoms in total. The number of rotatable bonds is 3. The quantitative estimate of drug-likeness (QED) is 0.689. The van der Waals surface area contributed by atoms with Gasteiger partial charge in [-0.2, -0.15) is 0 Å². The number of aromatic nitrogens is 1. The Balaban J connectivity index is 1.50. The molecule has 5 rings (SSSR count). The van der Waals surface area contributed by atoms with Crippen LogP contribution in [-0.4, -0.2) is 42.7 Å². The maximum atomic E-state index is 13.7. The number of methoxy groups -OCH3 is 1. The van der Waals surface area contributed by atoms with Crippen molar-refractivity contribution in [3.05, 3.63) is 53.2 Å². The van der Waals surface area contributed by atoms with Gasteiger partial charge in [-0.3, -0.25) is 4.79 Å². The number of carbonyl (C=O) groups excluding carboxylic acids is 1. The number of benzene rings is 2. The van der Waals surface area contributed by atoms with Gasteiger partial charge in [-0.25, -0.2) is 0 Å². The monoisotopic (exact) mass is 406 g/mol. The molecule has 1 amide bonds. The largest absolute Gasteiger partial charge is 0.497 e. The lowest BCUT2D eigenvalue weighted by atomic mass is 10.0. The molecular weight excluding hydrogens is 380 g/mol. The number of likely N-dealkylation sites (tertiary alicyclic amines) is 1. The Morgan fingerprint density at radius 1 is 1.10 bits per heavy atom. The molecule has 1 N–H and O–H groups in total. The fourth-order valence-corrected chi connectivity index (χ4v) is 4.60. The van der Waals surface area contributed by atoms with Crippen molar-refractivity contribution >= 4 is 16.8 Å². The Morgan fingerprint density at radius 2 is 1.93 bits per heavy atom. The number of fused-ring (bicyclic) bond motifs is 2. The van der Waals surface area contributed by atoms with Crippen molar-refractivity contribution in [2.75, 3.05) is 26.9 Å². The number of carbonyl (C=O) groups is 1. The van der Waals surface area contributed by atoms with Gasteiger partial charge in [-0.15, -0.1) is 0 Å². The number of nitrogens with zero attached hydrogens (tertiary/aromatic N) is 1. The minimum absolute atomic E-state index is 0.0320. The number of nitrogens with one attached hydrogen (secondary N) is 1. The first-order valence-corrected chi connectivity index (χ1v) is 10.5. The van der Waals surface area contributed by atoms with E-state index in [1.165, 1.54) is 0 Å². The van der Waals surface area contributed by atoms with E-state index in [1.807, 2.05) is 42.2 Å².